The van der Waals surface area contributed by atoms with E-state index in [4.69, 9.17) is 15.2 Å². The Morgan fingerprint density at radius 3 is 2.12 bits per heavy atom. The zero-order chi connectivity index (χ0) is 19.4. The number of rotatable bonds is 6. The third-order valence-electron chi connectivity index (χ3n) is 3.97. The lowest BCUT2D eigenvalue weighted by molar-refractivity contribution is -0.150. The molecule has 0 bridgehead atoms. The first-order chi connectivity index (χ1) is 12.2. The number of halogens is 3. The number of carbonyl (C=O) groups is 1. The van der Waals surface area contributed by atoms with Crippen molar-refractivity contribution in [3.8, 4) is 5.75 Å². The Hall–Kier alpha value is -2.54. The number of carbonyl (C=O) groups excluding carboxylic acids is 1. The molecule has 26 heavy (non-hydrogen) atoms. The third-order valence-corrected chi connectivity index (χ3v) is 3.97. The maximum Gasteiger partial charge on any atom is 0.322 e. The first kappa shape index (κ1) is 19.8. The van der Waals surface area contributed by atoms with Crippen LogP contribution in [-0.2, 0) is 9.53 Å². The van der Waals surface area contributed by atoms with Crippen molar-refractivity contribution in [2.45, 2.75) is 31.9 Å². The van der Waals surface area contributed by atoms with Gasteiger partial charge in [-0.15, -0.1) is 0 Å². The SMILES string of the molecule is COc1cc(F)ccc1[C@@H](c1ccc(F)cc1F)[C@H](C)OC(=O)[C@H](C)N. The lowest BCUT2D eigenvalue weighted by Crippen LogP contribution is -2.34. The zero-order valence-electron chi connectivity index (χ0n) is 14.6. The number of benzene rings is 2. The van der Waals surface area contributed by atoms with Crippen LogP contribution in [0.25, 0.3) is 0 Å². The second-order valence-corrected chi connectivity index (χ2v) is 5.96. The highest BCUT2D eigenvalue weighted by molar-refractivity contribution is 5.75. The van der Waals surface area contributed by atoms with Gasteiger partial charge in [-0.3, -0.25) is 4.79 Å². The Kier molecular flexibility index (Phi) is 6.26. The monoisotopic (exact) mass is 367 g/mol. The molecule has 0 saturated carbocycles. The first-order valence-electron chi connectivity index (χ1n) is 7.99. The van der Waals surface area contributed by atoms with Gasteiger partial charge in [0, 0.05) is 17.7 Å². The fourth-order valence-electron chi connectivity index (χ4n) is 2.73. The van der Waals surface area contributed by atoms with E-state index in [9.17, 15) is 18.0 Å². The molecule has 0 amide bonds. The third kappa shape index (κ3) is 4.35. The summed E-state index contributed by atoms with van der Waals surface area (Å²) in [5.41, 5.74) is 5.99. The summed E-state index contributed by atoms with van der Waals surface area (Å²) >= 11 is 0. The number of methoxy groups -OCH3 is 1. The largest absolute Gasteiger partial charge is 0.496 e. The van der Waals surface area contributed by atoms with Crippen molar-refractivity contribution >= 4 is 5.97 Å². The molecule has 0 aliphatic heterocycles. The predicted molar refractivity (Wildman–Crippen MR) is 90.4 cm³/mol. The minimum atomic E-state index is -0.869. The summed E-state index contributed by atoms with van der Waals surface area (Å²) in [5.74, 6) is -3.46. The maximum atomic E-state index is 14.4. The molecule has 0 radical (unpaired) electrons. The lowest BCUT2D eigenvalue weighted by atomic mass is 9.86. The molecule has 4 nitrogen and oxygen atoms in total. The van der Waals surface area contributed by atoms with Crippen molar-refractivity contribution in [3.05, 3.63) is 65.0 Å². The summed E-state index contributed by atoms with van der Waals surface area (Å²) in [7, 11) is 1.34. The number of nitrogens with two attached hydrogens (primary N) is 1. The van der Waals surface area contributed by atoms with Crippen LogP contribution in [0.3, 0.4) is 0 Å². The average molecular weight is 367 g/mol. The smallest absolute Gasteiger partial charge is 0.322 e. The van der Waals surface area contributed by atoms with E-state index < -0.39 is 41.5 Å². The van der Waals surface area contributed by atoms with Gasteiger partial charge in [0.2, 0.25) is 0 Å². The minimum Gasteiger partial charge on any atom is -0.496 e. The van der Waals surface area contributed by atoms with Crippen LogP contribution in [0.4, 0.5) is 13.2 Å². The number of ether oxygens (including phenoxy) is 2. The molecule has 0 aliphatic carbocycles. The van der Waals surface area contributed by atoms with Crippen molar-refractivity contribution in [2.24, 2.45) is 5.73 Å². The second kappa shape index (κ2) is 8.23. The number of esters is 1. The van der Waals surface area contributed by atoms with Crippen LogP contribution in [0.1, 0.15) is 30.9 Å². The quantitative estimate of drug-likeness (QED) is 0.794. The molecule has 3 atom stereocenters. The number of hydrogen-bond acceptors (Lipinski definition) is 4. The van der Waals surface area contributed by atoms with Crippen molar-refractivity contribution in [2.75, 3.05) is 7.11 Å². The molecule has 0 saturated heterocycles. The molecule has 2 aromatic rings. The Morgan fingerprint density at radius 1 is 1.00 bits per heavy atom. The van der Waals surface area contributed by atoms with Crippen LogP contribution in [0.15, 0.2) is 36.4 Å². The van der Waals surface area contributed by atoms with Gasteiger partial charge in [-0.2, -0.15) is 0 Å². The molecule has 0 aromatic heterocycles. The topological polar surface area (TPSA) is 61.5 Å². The normalized spacial score (nSPS) is 14.4. The van der Waals surface area contributed by atoms with Gasteiger partial charge >= 0.3 is 5.97 Å². The van der Waals surface area contributed by atoms with E-state index in [2.05, 4.69) is 0 Å². The van der Waals surface area contributed by atoms with Crippen LogP contribution in [0.5, 0.6) is 5.75 Å². The average Bonchev–Trinajstić information content (AvgIpc) is 2.57. The second-order valence-electron chi connectivity index (χ2n) is 5.96. The van der Waals surface area contributed by atoms with Crippen molar-refractivity contribution < 1.29 is 27.4 Å². The molecule has 2 N–H and O–H groups in total. The fraction of sp³-hybridized carbons (Fsp3) is 0.316. The van der Waals surface area contributed by atoms with Crippen molar-refractivity contribution in [1.29, 1.82) is 0 Å². The van der Waals surface area contributed by atoms with Crippen molar-refractivity contribution in [3.63, 3.8) is 0 Å². The van der Waals surface area contributed by atoms with Crippen LogP contribution >= 0.6 is 0 Å². The van der Waals surface area contributed by atoms with Crippen LogP contribution in [0.2, 0.25) is 0 Å². The molecule has 140 valence electrons. The van der Waals surface area contributed by atoms with Gasteiger partial charge in [0.1, 0.15) is 35.3 Å². The molecule has 0 unspecified atom stereocenters. The highest BCUT2D eigenvalue weighted by Crippen LogP contribution is 2.37. The van der Waals surface area contributed by atoms with Gasteiger partial charge in [0.25, 0.3) is 0 Å². The summed E-state index contributed by atoms with van der Waals surface area (Å²) in [6.45, 7) is 3.01. The van der Waals surface area contributed by atoms with E-state index in [-0.39, 0.29) is 11.3 Å². The van der Waals surface area contributed by atoms with Crippen LogP contribution in [0, 0.1) is 17.5 Å². The maximum absolute atomic E-state index is 14.4. The first-order valence-corrected chi connectivity index (χ1v) is 7.99. The lowest BCUT2D eigenvalue weighted by Gasteiger charge is -2.27. The van der Waals surface area contributed by atoms with Crippen LogP contribution < -0.4 is 10.5 Å². The molecule has 0 aliphatic rings. The highest BCUT2D eigenvalue weighted by atomic mass is 19.1. The molecule has 2 aromatic carbocycles. The number of hydrogen-bond donors (Lipinski definition) is 1. The van der Waals surface area contributed by atoms with Gasteiger partial charge in [-0.1, -0.05) is 12.1 Å². The van der Waals surface area contributed by atoms with E-state index in [1.54, 1.807) is 6.92 Å². The summed E-state index contributed by atoms with van der Waals surface area (Å²) in [4.78, 5) is 11.9. The summed E-state index contributed by atoms with van der Waals surface area (Å²) in [6.07, 6.45) is -0.868. The van der Waals surface area contributed by atoms with E-state index >= 15 is 0 Å². The standard InChI is InChI=1S/C19H20F3NO3/c1-10(23)19(24)26-11(2)18(14-6-4-12(20)8-16(14)22)15-7-5-13(21)9-17(15)25-3/h4-11,18H,23H2,1-3H3/t10-,11-,18+/m0/s1. The Morgan fingerprint density at radius 2 is 1.58 bits per heavy atom. The Bertz CT molecular complexity index is 796. The van der Waals surface area contributed by atoms with Gasteiger partial charge in [-0.05, 0) is 31.5 Å². The molecular formula is C19H20F3NO3. The molecule has 0 heterocycles. The fourth-order valence-corrected chi connectivity index (χ4v) is 2.73. The van der Waals surface area contributed by atoms with Gasteiger partial charge < -0.3 is 15.2 Å². The minimum absolute atomic E-state index is 0.0845. The predicted octanol–water partition coefficient (Wildman–Crippen LogP) is 3.52. The van der Waals surface area contributed by atoms with Gasteiger partial charge in [0.15, 0.2) is 0 Å². The van der Waals surface area contributed by atoms with Crippen molar-refractivity contribution in [1.82, 2.24) is 0 Å². The summed E-state index contributed by atoms with van der Waals surface area (Å²) < 4.78 is 51.8. The summed E-state index contributed by atoms with van der Waals surface area (Å²) in [5, 5.41) is 0. The van der Waals surface area contributed by atoms with E-state index in [1.165, 1.54) is 32.2 Å². The molecule has 2 rings (SSSR count). The van der Waals surface area contributed by atoms with Crippen LogP contribution in [-0.4, -0.2) is 25.2 Å². The molecule has 0 spiro atoms. The van der Waals surface area contributed by atoms with E-state index in [0.717, 1.165) is 18.2 Å². The molecular weight excluding hydrogens is 347 g/mol. The molecule has 7 heteroatoms. The van der Waals surface area contributed by atoms with Gasteiger partial charge in [0.05, 0.1) is 13.0 Å². The summed E-state index contributed by atoms with van der Waals surface area (Å²) in [6, 6.07) is 5.97. The Balaban J connectivity index is 2.57. The molecule has 0 fully saturated rings. The highest BCUT2D eigenvalue weighted by Gasteiger charge is 2.30. The van der Waals surface area contributed by atoms with E-state index in [1.807, 2.05) is 0 Å². The zero-order valence-corrected chi connectivity index (χ0v) is 14.6. The Labute approximate surface area is 149 Å². The van der Waals surface area contributed by atoms with E-state index in [0.29, 0.717) is 5.56 Å². The van der Waals surface area contributed by atoms with Gasteiger partial charge in [-0.25, -0.2) is 13.2 Å².